The molecule has 1 aromatic rings. The predicted molar refractivity (Wildman–Crippen MR) is 64.7 cm³/mol. The zero-order valence-corrected chi connectivity index (χ0v) is 10.9. The summed E-state index contributed by atoms with van der Waals surface area (Å²) in [6.07, 6.45) is -4.10. The molecular formula is C13H15F4NO2. The van der Waals surface area contributed by atoms with Gasteiger partial charge in [0.2, 0.25) is 0 Å². The molecule has 7 heteroatoms. The number of carbonyl (C=O) groups is 1. The SMILES string of the molecule is CCCN(CCO)C(=O)c1cc(C(F)(F)F)ccc1F. The second kappa shape index (κ2) is 6.69. The van der Waals surface area contributed by atoms with Crippen LogP contribution in [0.2, 0.25) is 0 Å². The van der Waals surface area contributed by atoms with Crippen LogP contribution in [0.5, 0.6) is 0 Å². The molecule has 0 saturated heterocycles. The minimum atomic E-state index is -4.64. The third-order valence-electron chi connectivity index (χ3n) is 2.67. The molecule has 0 aliphatic carbocycles. The number of hydrogen-bond donors (Lipinski definition) is 1. The number of nitrogens with zero attached hydrogens (tertiary/aromatic N) is 1. The maximum Gasteiger partial charge on any atom is 0.416 e. The number of benzene rings is 1. The van der Waals surface area contributed by atoms with Gasteiger partial charge in [-0.15, -0.1) is 0 Å². The van der Waals surface area contributed by atoms with Gasteiger partial charge in [0.15, 0.2) is 0 Å². The van der Waals surface area contributed by atoms with Crippen molar-refractivity contribution in [3.05, 3.63) is 35.1 Å². The normalized spacial score (nSPS) is 11.5. The van der Waals surface area contributed by atoms with E-state index < -0.39 is 29.0 Å². The molecule has 0 fully saturated rings. The van der Waals surface area contributed by atoms with Crippen molar-refractivity contribution in [1.29, 1.82) is 0 Å². The molecular weight excluding hydrogens is 278 g/mol. The van der Waals surface area contributed by atoms with Crippen LogP contribution in [0.3, 0.4) is 0 Å². The van der Waals surface area contributed by atoms with E-state index in [0.29, 0.717) is 24.6 Å². The zero-order chi connectivity index (χ0) is 15.3. The minimum Gasteiger partial charge on any atom is -0.395 e. The van der Waals surface area contributed by atoms with E-state index in [1.54, 1.807) is 6.92 Å². The fraction of sp³-hybridized carbons (Fsp3) is 0.462. The van der Waals surface area contributed by atoms with Crippen molar-refractivity contribution < 1.29 is 27.5 Å². The largest absolute Gasteiger partial charge is 0.416 e. The van der Waals surface area contributed by atoms with Gasteiger partial charge in [0.05, 0.1) is 17.7 Å². The van der Waals surface area contributed by atoms with Gasteiger partial charge in [-0.3, -0.25) is 4.79 Å². The lowest BCUT2D eigenvalue weighted by Crippen LogP contribution is -2.35. The predicted octanol–water partition coefficient (Wildman–Crippen LogP) is 2.69. The fourth-order valence-corrected chi connectivity index (χ4v) is 1.74. The molecule has 0 atom stereocenters. The van der Waals surface area contributed by atoms with E-state index in [0.717, 1.165) is 4.90 Å². The second-order valence-electron chi connectivity index (χ2n) is 4.21. The van der Waals surface area contributed by atoms with Crippen LogP contribution in [0.1, 0.15) is 29.3 Å². The van der Waals surface area contributed by atoms with E-state index in [2.05, 4.69) is 0 Å². The highest BCUT2D eigenvalue weighted by Crippen LogP contribution is 2.30. The van der Waals surface area contributed by atoms with Crippen LogP contribution in [0.25, 0.3) is 0 Å². The lowest BCUT2D eigenvalue weighted by atomic mass is 10.1. The Balaban J connectivity index is 3.13. The summed E-state index contributed by atoms with van der Waals surface area (Å²) in [6.45, 7) is 1.60. The van der Waals surface area contributed by atoms with Crippen molar-refractivity contribution in [2.45, 2.75) is 19.5 Å². The Morgan fingerprint density at radius 1 is 1.30 bits per heavy atom. The highest BCUT2D eigenvalue weighted by atomic mass is 19.4. The molecule has 0 spiro atoms. The molecule has 0 unspecified atom stereocenters. The smallest absolute Gasteiger partial charge is 0.395 e. The van der Waals surface area contributed by atoms with Crippen molar-refractivity contribution >= 4 is 5.91 Å². The van der Waals surface area contributed by atoms with Crippen molar-refractivity contribution in [3.63, 3.8) is 0 Å². The second-order valence-corrected chi connectivity index (χ2v) is 4.21. The summed E-state index contributed by atoms with van der Waals surface area (Å²) in [4.78, 5) is 13.2. The van der Waals surface area contributed by atoms with Crippen molar-refractivity contribution in [2.75, 3.05) is 19.7 Å². The maximum atomic E-state index is 13.6. The van der Waals surface area contributed by atoms with Gasteiger partial charge in [-0.25, -0.2) is 4.39 Å². The van der Waals surface area contributed by atoms with Crippen LogP contribution in [0.15, 0.2) is 18.2 Å². The number of hydrogen-bond acceptors (Lipinski definition) is 2. The number of alkyl halides is 3. The monoisotopic (exact) mass is 293 g/mol. The van der Waals surface area contributed by atoms with Crippen molar-refractivity contribution in [3.8, 4) is 0 Å². The molecule has 1 aromatic carbocycles. The average Bonchev–Trinajstić information content (AvgIpc) is 2.37. The molecule has 1 N–H and O–H groups in total. The van der Waals surface area contributed by atoms with Gasteiger partial charge in [-0.1, -0.05) is 6.92 Å². The van der Waals surface area contributed by atoms with Crippen molar-refractivity contribution in [2.24, 2.45) is 0 Å². The molecule has 0 aliphatic heterocycles. The van der Waals surface area contributed by atoms with Gasteiger partial charge in [0.1, 0.15) is 5.82 Å². The first kappa shape index (κ1) is 16.4. The maximum absolute atomic E-state index is 13.6. The minimum absolute atomic E-state index is 0.0532. The van der Waals surface area contributed by atoms with Crippen molar-refractivity contribution in [1.82, 2.24) is 4.90 Å². The van der Waals surface area contributed by atoms with Gasteiger partial charge in [0, 0.05) is 13.1 Å². The van der Waals surface area contributed by atoms with E-state index in [9.17, 15) is 22.4 Å². The first-order valence-electron chi connectivity index (χ1n) is 6.08. The summed E-state index contributed by atoms with van der Waals surface area (Å²) in [5, 5.41) is 8.84. The van der Waals surface area contributed by atoms with Crippen LogP contribution >= 0.6 is 0 Å². The molecule has 0 radical (unpaired) electrons. The number of carbonyl (C=O) groups excluding carboxylic acids is 1. The standard InChI is InChI=1S/C13H15F4NO2/c1-2-5-18(6-7-19)12(20)10-8-9(13(15,16)17)3-4-11(10)14/h3-4,8,19H,2,5-7H2,1H3. The first-order valence-corrected chi connectivity index (χ1v) is 6.08. The van der Waals surface area contributed by atoms with E-state index in [4.69, 9.17) is 5.11 Å². The van der Waals surface area contributed by atoms with Gasteiger partial charge in [-0.2, -0.15) is 13.2 Å². The lowest BCUT2D eigenvalue weighted by molar-refractivity contribution is -0.137. The number of amides is 1. The molecule has 0 aliphatic rings. The van der Waals surface area contributed by atoms with Gasteiger partial charge in [-0.05, 0) is 24.6 Å². The molecule has 0 heterocycles. The topological polar surface area (TPSA) is 40.5 Å². The molecule has 112 valence electrons. The van der Waals surface area contributed by atoms with Crippen LogP contribution < -0.4 is 0 Å². The quantitative estimate of drug-likeness (QED) is 0.848. The Hall–Kier alpha value is -1.63. The highest BCUT2D eigenvalue weighted by Gasteiger charge is 2.32. The first-order chi connectivity index (χ1) is 9.31. The van der Waals surface area contributed by atoms with E-state index >= 15 is 0 Å². The summed E-state index contributed by atoms with van der Waals surface area (Å²) >= 11 is 0. The molecule has 1 amide bonds. The van der Waals surface area contributed by atoms with Crippen LogP contribution in [-0.2, 0) is 6.18 Å². The number of aliphatic hydroxyl groups excluding tert-OH is 1. The molecule has 0 aromatic heterocycles. The Kier molecular flexibility index (Phi) is 5.50. The number of rotatable bonds is 5. The average molecular weight is 293 g/mol. The summed E-state index contributed by atoms with van der Waals surface area (Å²) < 4.78 is 51.3. The Morgan fingerprint density at radius 2 is 1.95 bits per heavy atom. The number of halogens is 4. The van der Waals surface area contributed by atoms with Gasteiger partial charge >= 0.3 is 6.18 Å². The van der Waals surface area contributed by atoms with Gasteiger partial charge < -0.3 is 10.0 Å². The molecule has 0 saturated carbocycles. The van der Waals surface area contributed by atoms with E-state index in [1.165, 1.54) is 0 Å². The van der Waals surface area contributed by atoms with Crippen LogP contribution in [-0.4, -0.2) is 35.6 Å². The van der Waals surface area contributed by atoms with E-state index in [-0.39, 0.29) is 19.7 Å². The zero-order valence-electron chi connectivity index (χ0n) is 10.9. The summed E-state index contributed by atoms with van der Waals surface area (Å²) in [6, 6.07) is 1.71. The summed E-state index contributed by atoms with van der Waals surface area (Å²) in [5.74, 6) is -1.87. The molecule has 20 heavy (non-hydrogen) atoms. The Labute approximate surface area is 113 Å². The molecule has 3 nitrogen and oxygen atoms in total. The fourth-order valence-electron chi connectivity index (χ4n) is 1.74. The van der Waals surface area contributed by atoms with Crippen LogP contribution in [0.4, 0.5) is 17.6 Å². The lowest BCUT2D eigenvalue weighted by Gasteiger charge is -2.21. The Morgan fingerprint density at radius 3 is 2.45 bits per heavy atom. The number of aliphatic hydroxyl groups is 1. The molecule has 1 rings (SSSR count). The van der Waals surface area contributed by atoms with Gasteiger partial charge in [0.25, 0.3) is 5.91 Å². The summed E-state index contributed by atoms with van der Waals surface area (Å²) in [5.41, 5.74) is -1.72. The molecule has 0 bridgehead atoms. The highest BCUT2D eigenvalue weighted by molar-refractivity contribution is 5.94. The third kappa shape index (κ3) is 3.93. The van der Waals surface area contributed by atoms with Crippen LogP contribution in [0, 0.1) is 5.82 Å². The Bertz CT molecular complexity index is 468. The third-order valence-corrected chi connectivity index (χ3v) is 2.67. The van der Waals surface area contributed by atoms with E-state index in [1.807, 2.05) is 0 Å². The summed E-state index contributed by atoms with van der Waals surface area (Å²) in [7, 11) is 0.